The van der Waals surface area contributed by atoms with Gasteiger partial charge in [0.15, 0.2) is 0 Å². The van der Waals surface area contributed by atoms with Crippen LogP contribution >= 0.6 is 0 Å². The standard InChI is InChI=1S/C19H22FN/c1-14-2-4-15(5-3-14)19(17-10-12-21-13-11-17)16-6-8-18(20)9-7-16/h2-9,17,19,21H,10-13H2,1H3/t19-/m0/s1. The molecule has 0 amide bonds. The van der Waals surface area contributed by atoms with E-state index in [9.17, 15) is 4.39 Å². The van der Waals surface area contributed by atoms with E-state index in [2.05, 4.69) is 36.5 Å². The van der Waals surface area contributed by atoms with Crippen molar-refractivity contribution in [3.05, 3.63) is 71.0 Å². The molecule has 1 saturated heterocycles. The highest BCUT2D eigenvalue weighted by Gasteiger charge is 2.26. The molecule has 0 saturated carbocycles. The molecule has 0 radical (unpaired) electrons. The van der Waals surface area contributed by atoms with Crippen LogP contribution in [-0.2, 0) is 0 Å². The first kappa shape index (κ1) is 14.3. The Bertz CT molecular complexity index is 522. The van der Waals surface area contributed by atoms with Gasteiger partial charge in [0.25, 0.3) is 0 Å². The third-order valence-corrected chi connectivity index (χ3v) is 4.52. The quantitative estimate of drug-likeness (QED) is 0.887. The summed E-state index contributed by atoms with van der Waals surface area (Å²) in [6.45, 7) is 4.27. The molecule has 3 rings (SSSR count). The third-order valence-electron chi connectivity index (χ3n) is 4.52. The molecule has 0 unspecified atom stereocenters. The molecule has 1 atom stereocenters. The molecule has 2 aromatic rings. The van der Waals surface area contributed by atoms with Gasteiger partial charge in [-0.1, -0.05) is 42.0 Å². The molecule has 1 aliphatic rings. The van der Waals surface area contributed by atoms with Crippen molar-refractivity contribution >= 4 is 0 Å². The van der Waals surface area contributed by atoms with E-state index in [0.717, 1.165) is 13.1 Å². The van der Waals surface area contributed by atoms with E-state index >= 15 is 0 Å². The normalized spacial score (nSPS) is 17.6. The van der Waals surface area contributed by atoms with Gasteiger partial charge < -0.3 is 5.32 Å². The summed E-state index contributed by atoms with van der Waals surface area (Å²) >= 11 is 0. The lowest BCUT2D eigenvalue weighted by Crippen LogP contribution is -2.31. The molecule has 0 spiro atoms. The highest BCUT2D eigenvalue weighted by molar-refractivity contribution is 5.35. The Morgan fingerprint density at radius 2 is 1.43 bits per heavy atom. The highest BCUT2D eigenvalue weighted by atomic mass is 19.1. The number of nitrogens with one attached hydrogen (secondary N) is 1. The van der Waals surface area contributed by atoms with Crippen LogP contribution in [0, 0.1) is 18.7 Å². The Balaban J connectivity index is 1.97. The summed E-state index contributed by atoms with van der Waals surface area (Å²) in [6, 6.07) is 15.9. The number of benzene rings is 2. The van der Waals surface area contributed by atoms with Gasteiger partial charge in [-0.15, -0.1) is 0 Å². The summed E-state index contributed by atoms with van der Waals surface area (Å²) < 4.78 is 13.2. The minimum absolute atomic E-state index is 0.160. The maximum atomic E-state index is 13.2. The van der Waals surface area contributed by atoms with Gasteiger partial charge in [0.1, 0.15) is 5.82 Å². The second-order valence-corrected chi connectivity index (χ2v) is 6.03. The van der Waals surface area contributed by atoms with Crippen LogP contribution in [0.2, 0.25) is 0 Å². The number of piperidine rings is 1. The van der Waals surface area contributed by atoms with Gasteiger partial charge in [-0.3, -0.25) is 0 Å². The fraction of sp³-hybridized carbons (Fsp3) is 0.368. The van der Waals surface area contributed by atoms with Crippen molar-refractivity contribution in [2.45, 2.75) is 25.7 Å². The Hall–Kier alpha value is -1.67. The smallest absolute Gasteiger partial charge is 0.123 e. The molecule has 0 aromatic heterocycles. The maximum Gasteiger partial charge on any atom is 0.123 e. The summed E-state index contributed by atoms with van der Waals surface area (Å²) in [4.78, 5) is 0. The fourth-order valence-electron chi connectivity index (χ4n) is 3.36. The molecular weight excluding hydrogens is 261 g/mol. The fourth-order valence-corrected chi connectivity index (χ4v) is 3.36. The average Bonchev–Trinajstić information content (AvgIpc) is 2.52. The number of hydrogen-bond acceptors (Lipinski definition) is 1. The molecule has 1 fully saturated rings. The van der Waals surface area contributed by atoms with Gasteiger partial charge in [0.05, 0.1) is 0 Å². The summed E-state index contributed by atoms with van der Waals surface area (Å²) in [7, 11) is 0. The molecule has 1 nitrogen and oxygen atoms in total. The van der Waals surface area contributed by atoms with E-state index in [1.54, 1.807) is 12.1 Å². The van der Waals surface area contributed by atoms with E-state index in [0.29, 0.717) is 11.8 Å². The topological polar surface area (TPSA) is 12.0 Å². The van der Waals surface area contributed by atoms with E-state index in [-0.39, 0.29) is 5.82 Å². The minimum atomic E-state index is -0.160. The van der Waals surface area contributed by atoms with Crippen LogP contribution in [0.3, 0.4) is 0 Å². The number of rotatable bonds is 3. The van der Waals surface area contributed by atoms with Crippen LogP contribution in [0.5, 0.6) is 0 Å². The largest absolute Gasteiger partial charge is 0.317 e. The van der Waals surface area contributed by atoms with Gasteiger partial charge in [0, 0.05) is 5.92 Å². The number of halogens is 1. The zero-order chi connectivity index (χ0) is 14.7. The zero-order valence-electron chi connectivity index (χ0n) is 12.5. The van der Waals surface area contributed by atoms with Crippen molar-refractivity contribution in [1.29, 1.82) is 0 Å². The Kier molecular flexibility index (Phi) is 4.35. The van der Waals surface area contributed by atoms with Crippen molar-refractivity contribution < 1.29 is 4.39 Å². The number of aryl methyl sites for hydroxylation is 1. The first-order valence-corrected chi connectivity index (χ1v) is 7.77. The summed E-state index contributed by atoms with van der Waals surface area (Å²) in [5.41, 5.74) is 3.85. The number of hydrogen-bond donors (Lipinski definition) is 1. The van der Waals surface area contributed by atoms with Crippen molar-refractivity contribution in [1.82, 2.24) is 5.32 Å². The molecule has 0 aliphatic carbocycles. The molecule has 1 N–H and O–H groups in total. The molecule has 2 heteroatoms. The second-order valence-electron chi connectivity index (χ2n) is 6.03. The summed E-state index contributed by atoms with van der Waals surface area (Å²) in [5.74, 6) is 0.833. The van der Waals surface area contributed by atoms with E-state index in [1.165, 1.54) is 29.5 Å². The predicted octanol–water partition coefficient (Wildman–Crippen LogP) is 4.27. The predicted molar refractivity (Wildman–Crippen MR) is 85.0 cm³/mol. The van der Waals surface area contributed by atoms with Crippen molar-refractivity contribution in [3.8, 4) is 0 Å². The Morgan fingerprint density at radius 1 is 0.905 bits per heavy atom. The highest BCUT2D eigenvalue weighted by Crippen LogP contribution is 2.36. The molecule has 2 aromatic carbocycles. The average molecular weight is 283 g/mol. The van der Waals surface area contributed by atoms with Gasteiger partial charge in [-0.05, 0) is 62.0 Å². The van der Waals surface area contributed by atoms with Gasteiger partial charge in [-0.2, -0.15) is 0 Å². The molecule has 110 valence electrons. The molecule has 0 bridgehead atoms. The first-order chi connectivity index (χ1) is 10.2. The Morgan fingerprint density at radius 3 is 2.00 bits per heavy atom. The van der Waals surface area contributed by atoms with Crippen LogP contribution < -0.4 is 5.32 Å². The van der Waals surface area contributed by atoms with Crippen LogP contribution in [-0.4, -0.2) is 13.1 Å². The summed E-state index contributed by atoms with van der Waals surface area (Å²) in [6.07, 6.45) is 2.35. The van der Waals surface area contributed by atoms with Gasteiger partial charge in [-0.25, -0.2) is 4.39 Å². The van der Waals surface area contributed by atoms with E-state index in [1.807, 2.05) is 12.1 Å². The lowest BCUT2D eigenvalue weighted by Gasteiger charge is -2.31. The Labute approximate surface area is 126 Å². The molecule has 21 heavy (non-hydrogen) atoms. The monoisotopic (exact) mass is 283 g/mol. The van der Waals surface area contributed by atoms with Crippen molar-refractivity contribution in [2.24, 2.45) is 5.92 Å². The lowest BCUT2D eigenvalue weighted by molar-refractivity contribution is 0.342. The second kappa shape index (κ2) is 6.40. The summed E-state index contributed by atoms with van der Waals surface area (Å²) in [5, 5.41) is 3.43. The zero-order valence-corrected chi connectivity index (χ0v) is 12.5. The van der Waals surface area contributed by atoms with Crippen LogP contribution in [0.4, 0.5) is 4.39 Å². The van der Waals surface area contributed by atoms with E-state index < -0.39 is 0 Å². The SMILES string of the molecule is Cc1ccc([C@@H](c2ccc(F)cc2)C2CCNCC2)cc1. The van der Waals surface area contributed by atoms with Crippen molar-refractivity contribution in [3.63, 3.8) is 0 Å². The van der Waals surface area contributed by atoms with E-state index in [4.69, 9.17) is 0 Å². The first-order valence-electron chi connectivity index (χ1n) is 7.77. The van der Waals surface area contributed by atoms with Gasteiger partial charge in [0.2, 0.25) is 0 Å². The van der Waals surface area contributed by atoms with Crippen LogP contribution in [0.15, 0.2) is 48.5 Å². The molecular formula is C19H22FN. The van der Waals surface area contributed by atoms with Gasteiger partial charge >= 0.3 is 0 Å². The minimum Gasteiger partial charge on any atom is -0.317 e. The maximum absolute atomic E-state index is 13.2. The molecule has 1 heterocycles. The lowest BCUT2D eigenvalue weighted by atomic mass is 9.76. The van der Waals surface area contributed by atoms with Crippen molar-refractivity contribution in [2.75, 3.05) is 13.1 Å². The van der Waals surface area contributed by atoms with Crippen LogP contribution in [0.25, 0.3) is 0 Å². The third kappa shape index (κ3) is 3.33. The van der Waals surface area contributed by atoms with Crippen LogP contribution in [0.1, 0.15) is 35.4 Å². The molecule has 1 aliphatic heterocycles.